The number of aryl methyl sites for hydroxylation is 2. The summed E-state index contributed by atoms with van der Waals surface area (Å²) >= 11 is 0. The molecule has 0 radical (unpaired) electrons. The number of nitrogens with one attached hydrogen (secondary N) is 2. The summed E-state index contributed by atoms with van der Waals surface area (Å²) in [5.74, 6) is 0.276. The number of amides is 1. The first-order valence-electron chi connectivity index (χ1n) is 9.31. The minimum absolute atomic E-state index is 0.244. The van der Waals surface area contributed by atoms with Gasteiger partial charge in [-0.1, -0.05) is 17.7 Å². The van der Waals surface area contributed by atoms with E-state index in [0.29, 0.717) is 17.6 Å². The fraction of sp³-hybridized carbons (Fsp3) is 0.350. The highest BCUT2D eigenvalue weighted by atomic mass is 16.2. The van der Waals surface area contributed by atoms with E-state index in [4.69, 9.17) is 0 Å². The highest BCUT2D eigenvalue weighted by Gasteiger charge is 2.18. The summed E-state index contributed by atoms with van der Waals surface area (Å²) in [5.41, 5.74) is 3.52. The lowest BCUT2D eigenvalue weighted by molar-refractivity contribution is 0.102. The Kier molecular flexibility index (Phi) is 4.77. The molecule has 1 aromatic carbocycles. The van der Waals surface area contributed by atoms with Crippen molar-refractivity contribution >= 4 is 11.7 Å². The molecule has 1 unspecified atom stereocenters. The molecule has 1 aliphatic heterocycles. The SMILES string of the molecule is Cc1ccc(-n2nc(NC(=O)c3ccn(C4CCCNC4)n3)cc2C)cc1. The van der Waals surface area contributed by atoms with Crippen LogP contribution in [0, 0.1) is 13.8 Å². The second-order valence-electron chi connectivity index (χ2n) is 7.05. The number of hydrogen-bond donors (Lipinski definition) is 2. The molecule has 2 aromatic heterocycles. The van der Waals surface area contributed by atoms with Crippen LogP contribution in [0.2, 0.25) is 0 Å². The molecule has 27 heavy (non-hydrogen) atoms. The van der Waals surface area contributed by atoms with Crippen LogP contribution in [-0.4, -0.2) is 38.6 Å². The van der Waals surface area contributed by atoms with E-state index in [1.807, 2.05) is 59.7 Å². The van der Waals surface area contributed by atoms with Crippen molar-refractivity contribution in [1.29, 1.82) is 0 Å². The van der Waals surface area contributed by atoms with E-state index in [0.717, 1.165) is 37.3 Å². The van der Waals surface area contributed by atoms with Gasteiger partial charge in [0.05, 0.1) is 11.7 Å². The van der Waals surface area contributed by atoms with Gasteiger partial charge in [-0.15, -0.1) is 5.10 Å². The zero-order chi connectivity index (χ0) is 18.8. The fourth-order valence-corrected chi connectivity index (χ4v) is 3.38. The third-order valence-electron chi connectivity index (χ3n) is 4.89. The second kappa shape index (κ2) is 7.36. The highest BCUT2D eigenvalue weighted by molar-refractivity contribution is 6.02. The normalized spacial score (nSPS) is 17.0. The number of carbonyl (C=O) groups is 1. The molecule has 2 N–H and O–H groups in total. The zero-order valence-corrected chi connectivity index (χ0v) is 15.6. The third-order valence-corrected chi connectivity index (χ3v) is 4.89. The molecule has 1 saturated heterocycles. The maximum atomic E-state index is 12.6. The molecule has 0 saturated carbocycles. The number of hydrogen-bond acceptors (Lipinski definition) is 4. The molecule has 1 aliphatic rings. The van der Waals surface area contributed by atoms with E-state index < -0.39 is 0 Å². The summed E-state index contributed by atoms with van der Waals surface area (Å²) in [6.07, 6.45) is 4.08. The minimum Gasteiger partial charge on any atom is -0.315 e. The molecule has 3 heterocycles. The van der Waals surface area contributed by atoms with Crippen molar-refractivity contribution in [3.63, 3.8) is 0 Å². The number of nitrogens with zero attached hydrogens (tertiary/aromatic N) is 4. The van der Waals surface area contributed by atoms with Gasteiger partial charge in [-0.3, -0.25) is 9.48 Å². The zero-order valence-electron chi connectivity index (χ0n) is 15.6. The van der Waals surface area contributed by atoms with Crippen molar-refractivity contribution in [3.05, 3.63) is 59.5 Å². The maximum absolute atomic E-state index is 12.6. The standard InChI is InChI=1S/C20H24N6O/c1-14-5-7-16(8-6-14)26-15(2)12-19(24-26)22-20(27)18-9-11-25(23-18)17-4-3-10-21-13-17/h5-9,11-12,17,21H,3-4,10,13H2,1-2H3,(H,22,24,27). The lowest BCUT2D eigenvalue weighted by Crippen LogP contribution is -2.32. The van der Waals surface area contributed by atoms with Crippen LogP contribution in [0.3, 0.4) is 0 Å². The summed E-state index contributed by atoms with van der Waals surface area (Å²) in [5, 5.41) is 15.2. The number of benzene rings is 1. The number of anilines is 1. The summed E-state index contributed by atoms with van der Waals surface area (Å²) in [4.78, 5) is 12.6. The Labute approximate surface area is 158 Å². The number of aromatic nitrogens is 4. The Morgan fingerprint density at radius 1 is 1.19 bits per heavy atom. The van der Waals surface area contributed by atoms with Gasteiger partial charge in [0.15, 0.2) is 11.5 Å². The minimum atomic E-state index is -0.244. The van der Waals surface area contributed by atoms with Gasteiger partial charge in [-0.2, -0.15) is 5.10 Å². The summed E-state index contributed by atoms with van der Waals surface area (Å²) in [6.45, 7) is 5.96. The Balaban J connectivity index is 1.48. The first-order chi connectivity index (χ1) is 13.1. The number of piperidine rings is 1. The third kappa shape index (κ3) is 3.78. The topological polar surface area (TPSA) is 76.8 Å². The van der Waals surface area contributed by atoms with Crippen molar-refractivity contribution < 1.29 is 4.79 Å². The van der Waals surface area contributed by atoms with Crippen molar-refractivity contribution in [1.82, 2.24) is 24.9 Å². The van der Waals surface area contributed by atoms with Gasteiger partial charge in [0.1, 0.15) is 0 Å². The van der Waals surface area contributed by atoms with Crippen molar-refractivity contribution in [2.45, 2.75) is 32.7 Å². The summed E-state index contributed by atoms with van der Waals surface area (Å²) < 4.78 is 3.71. The lowest BCUT2D eigenvalue weighted by atomic mass is 10.1. The van der Waals surface area contributed by atoms with Gasteiger partial charge in [0.2, 0.25) is 0 Å². The molecule has 0 spiro atoms. The average Bonchev–Trinajstić information content (AvgIpc) is 3.30. The molecular weight excluding hydrogens is 340 g/mol. The predicted molar refractivity (Wildman–Crippen MR) is 104 cm³/mol. The molecule has 140 valence electrons. The van der Waals surface area contributed by atoms with E-state index in [-0.39, 0.29) is 5.91 Å². The van der Waals surface area contributed by atoms with Crippen LogP contribution in [0.5, 0.6) is 0 Å². The lowest BCUT2D eigenvalue weighted by Gasteiger charge is -2.22. The molecule has 4 rings (SSSR count). The van der Waals surface area contributed by atoms with Gasteiger partial charge in [-0.25, -0.2) is 4.68 Å². The monoisotopic (exact) mass is 364 g/mol. The molecule has 7 nitrogen and oxygen atoms in total. The molecule has 1 amide bonds. The van der Waals surface area contributed by atoms with E-state index in [1.165, 1.54) is 5.56 Å². The van der Waals surface area contributed by atoms with Gasteiger partial charge >= 0.3 is 0 Å². The molecule has 3 aromatic rings. The Hall–Kier alpha value is -2.93. The van der Waals surface area contributed by atoms with Crippen LogP contribution < -0.4 is 10.6 Å². The van der Waals surface area contributed by atoms with Gasteiger partial charge in [-0.05, 0) is 51.4 Å². The first kappa shape index (κ1) is 17.5. The summed E-state index contributed by atoms with van der Waals surface area (Å²) in [7, 11) is 0. The number of carbonyl (C=O) groups excluding carboxylic acids is 1. The second-order valence-corrected chi connectivity index (χ2v) is 7.05. The van der Waals surface area contributed by atoms with Gasteiger partial charge < -0.3 is 10.6 Å². The molecule has 7 heteroatoms. The van der Waals surface area contributed by atoms with Gasteiger partial charge in [0, 0.05) is 24.5 Å². The van der Waals surface area contributed by atoms with E-state index in [1.54, 1.807) is 6.07 Å². The van der Waals surface area contributed by atoms with Crippen LogP contribution in [0.25, 0.3) is 5.69 Å². The highest BCUT2D eigenvalue weighted by Crippen LogP contribution is 2.18. The average molecular weight is 364 g/mol. The predicted octanol–water partition coefficient (Wildman–Crippen LogP) is 2.86. The quantitative estimate of drug-likeness (QED) is 0.746. The van der Waals surface area contributed by atoms with Gasteiger partial charge in [0.25, 0.3) is 5.91 Å². The molecular formula is C20H24N6O. The summed E-state index contributed by atoms with van der Waals surface area (Å²) in [6, 6.07) is 12.0. The van der Waals surface area contributed by atoms with E-state index in [9.17, 15) is 4.79 Å². The Morgan fingerprint density at radius 3 is 2.74 bits per heavy atom. The Bertz CT molecular complexity index is 934. The van der Waals surface area contributed by atoms with Crippen molar-refractivity contribution in [2.75, 3.05) is 18.4 Å². The fourth-order valence-electron chi connectivity index (χ4n) is 3.38. The Morgan fingerprint density at radius 2 is 2.00 bits per heavy atom. The largest absolute Gasteiger partial charge is 0.315 e. The number of rotatable bonds is 4. The first-order valence-corrected chi connectivity index (χ1v) is 9.31. The molecule has 0 aliphatic carbocycles. The van der Waals surface area contributed by atoms with E-state index in [2.05, 4.69) is 20.8 Å². The van der Waals surface area contributed by atoms with Crippen LogP contribution in [0.4, 0.5) is 5.82 Å². The molecule has 0 bridgehead atoms. The smallest absolute Gasteiger partial charge is 0.277 e. The van der Waals surface area contributed by atoms with Crippen LogP contribution in [0.1, 0.15) is 40.6 Å². The van der Waals surface area contributed by atoms with Crippen LogP contribution in [0.15, 0.2) is 42.6 Å². The molecule has 1 fully saturated rings. The van der Waals surface area contributed by atoms with Crippen LogP contribution in [-0.2, 0) is 0 Å². The van der Waals surface area contributed by atoms with Crippen molar-refractivity contribution in [2.24, 2.45) is 0 Å². The van der Waals surface area contributed by atoms with Crippen molar-refractivity contribution in [3.8, 4) is 5.69 Å². The van der Waals surface area contributed by atoms with Crippen LogP contribution >= 0.6 is 0 Å². The molecule has 1 atom stereocenters. The maximum Gasteiger partial charge on any atom is 0.277 e. The van der Waals surface area contributed by atoms with E-state index >= 15 is 0 Å².